The molecule has 0 radical (unpaired) electrons. The van der Waals surface area contributed by atoms with E-state index in [1.165, 1.54) is 0 Å². The first-order valence-corrected chi connectivity index (χ1v) is 9.06. The summed E-state index contributed by atoms with van der Waals surface area (Å²) in [6, 6.07) is 9.24. The average molecular weight is 342 g/mol. The zero-order chi connectivity index (χ0) is 17.9. The molecular formula is C20H26N2O3. The van der Waals surface area contributed by atoms with Gasteiger partial charge in [-0.05, 0) is 42.5 Å². The Morgan fingerprint density at radius 1 is 1.28 bits per heavy atom. The molecule has 0 aliphatic carbocycles. The number of nitriles is 1. The van der Waals surface area contributed by atoms with Crippen LogP contribution in [0.4, 0.5) is 0 Å². The number of carbonyl (C=O) groups excluding carboxylic acids is 1. The van der Waals surface area contributed by atoms with Gasteiger partial charge >= 0.3 is 0 Å². The van der Waals surface area contributed by atoms with Crippen LogP contribution in [0.2, 0.25) is 0 Å². The third-order valence-electron chi connectivity index (χ3n) is 5.23. The van der Waals surface area contributed by atoms with E-state index in [0.717, 1.165) is 44.6 Å². The number of carbonyl (C=O) groups is 1. The van der Waals surface area contributed by atoms with E-state index in [4.69, 9.17) is 9.47 Å². The summed E-state index contributed by atoms with van der Waals surface area (Å²) in [6.45, 7) is 6.24. The minimum Gasteiger partial charge on any atom is -0.490 e. The van der Waals surface area contributed by atoms with Gasteiger partial charge < -0.3 is 14.4 Å². The first kappa shape index (κ1) is 17.8. The Balaban J connectivity index is 1.68. The molecule has 2 heterocycles. The van der Waals surface area contributed by atoms with Gasteiger partial charge in [-0.25, -0.2) is 0 Å². The monoisotopic (exact) mass is 342 g/mol. The number of hydrogen-bond donors (Lipinski definition) is 0. The molecule has 0 saturated carbocycles. The molecule has 5 heteroatoms. The maximum atomic E-state index is 12.9. The van der Waals surface area contributed by atoms with E-state index < -0.39 is 0 Å². The van der Waals surface area contributed by atoms with Crippen LogP contribution in [0.15, 0.2) is 24.3 Å². The quantitative estimate of drug-likeness (QED) is 0.844. The number of amides is 1. The lowest BCUT2D eigenvalue weighted by atomic mass is 9.77. The van der Waals surface area contributed by atoms with E-state index in [1.807, 2.05) is 12.1 Å². The predicted molar refractivity (Wildman–Crippen MR) is 94.4 cm³/mol. The van der Waals surface area contributed by atoms with E-state index >= 15 is 0 Å². The largest absolute Gasteiger partial charge is 0.490 e. The molecule has 1 aromatic carbocycles. The summed E-state index contributed by atoms with van der Waals surface area (Å²) in [4.78, 5) is 14.6. The van der Waals surface area contributed by atoms with Crippen molar-refractivity contribution in [3.63, 3.8) is 0 Å². The first-order chi connectivity index (χ1) is 12.0. The van der Waals surface area contributed by atoms with Crippen molar-refractivity contribution in [3.8, 4) is 11.8 Å². The molecule has 5 nitrogen and oxygen atoms in total. The zero-order valence-corrected chi connectivity index (χ0v) is 15.0. The van der Waals surface area contributed by atoms with Crippen molar-refractivity contribution in [2.75, 3.05) is 19.8 Å². The number of benzene rings is 1. The molecular weight excluding hydrogens is 316 g/mol. The van der Waals surface area contributed by atoms with Gasteiger partial charge in [0.05, 0.1) is 19.3 Å². The highest BCUT2D eigenvalue weighted by atomic mass is 16.5. The van der Waals surface area contributed by atoms with E-state index in [9.17, 15) is 10.1 Å². The molecule has 1 unspecified atom stereocenters. The Morgan fingerprint density at radius 3 is 2.60 bits per heavy atom. The summed E-state index contributed by atoms with van der Waals surface area (Å²) >= 11 is 0. The Labute approximate surface area is 149 Å². The highest BCUT2D eigenvalue weighted by Gasteiger charge is 2.40. The van der Waals surface area contributed by atoms with Crippen LogP contribution in [-0.2, 0) is 4.74 Å². The van der Waals surface area contributed by atoms with E-state index in [2.05, 4.69) is 19.9 Å². The summed E-state index contributed by atoms with van der Waals surface area (Å²) in [5, 5.41) is 9.55. The van der Waals surface area contributed by atoms with Crippen molar-refractivity contribution in [1.82, 2.24) is 4.90 Å². The second-order valence-corrected chi connectivity index (χ2v) is 7.58. The average Bonchev–Trinajstić information content (AvgIpc) is 2.61. The molecule has 3 rings (SSSR count). The standard InChI is InChI=1S/C20H26N2O3/c1-20(2)10-3-11-22(18(20)14-21)19(23)15-4-6-16(7-5-15)25-17-8-12-24-13-9-17/h4-7,17-18H,3,8-13H2,1-2H3. The van der Waals surface area contributed by atoms with Crippen LogP contribution in [0.3, 0.4) is 0 Å². The minimum absolute atomic E-state index is 0.0723. The molecule has 0 bridgehead atoms. The highest BCUT2D eigenvalue weighted by Crippen LogP contribution is 2.35. The first-order valence-electron chi connectivity index (χ1n) is 9.06. The van der Waals surface area contributed by atoms with Gasteiger partial charge in [-0.2, -0.15) is 5.26 Å². The van der Waals surface area contributed by atoms with Crippen molar-refractivity contribution < 1.29 is 14.3 Å². The normalized spacial score (nSPS) is 23.7. The molecule has 0 N–H and O–H groups in total. The van der Waals surface area contributed by atoms with Crippen LogP contribution in [0.5, 0.6) is 5.75 Å². The summed E-state index contributed by atoms with van der Waals surface area (Å²) in [7, 11) is 0. The Morgan fingerprint density at radius 2 is 1.96 bits per heavy atom. The third-order valence-corrected chi connectivity index (χ3v) is 5.23. The van der Waals surface area contributed by atoms with Gasteiger partial charge in [0.15, 0.2) is 0 Å². The van der Waals surface area contributed by atoms with E-state index in [-0.39, 0.29) is 23.5 Å². The SMILES string of the molecule is CC1(C)CCCN(C(=O)c2ccc(OC3CCOCC3)cc2)C1C#N. The highest BCUT2D eigenvalue weighted by molar-refractivity contribution is 5.94. The second-order valence-electron chi connectivity index (χ2n) is 7.58. The topological polar surface area (TPSA) is 62.6 Å². The van der Waals surface area contributed by atoms with E-state index in [1.54, 1.807) is 17.0 Å². The molecule has 25 heavy (non-hydrogen) atoms. The number of hydrogen-bond acceptors (Lipinski definition) is 4. The van der Waals surface area contributed by atoms with Crippen LogP contribution in [0, 0.1) is 16.7 Å². The molecule has 1 atom stereocenters. The summed E-state index contributed by atoms with van der Waals surface area (Å²) in [6.07, 6.45) is 3.87. The van der Waals surface area contributed by atoms with Crippen LogP contribution < -0.4 is 4.74 Å². The van der Waals surface area contributed by atoms with Crippen LogP contribution >= 0.6 is 0 Å². The predicted octanol–water partition coefficient (Wildman–Crippen LogP) is 3.40. The molecule has 2 aliphatic heterocycles. The van der Waals surface area contributed by atoms with Gasteiger partial charge in [-0.3, -0.25) is 4.79 Å². The summed E-state index contributed by atoms with van der Waals surface area (Å²) in [5.41, 5.74) is 0.437. The Bertz CT molecular complexity index is 642. The van der Waals surface area contributed by atoms with Gasteiger partial charge in [-0.15, -0.1) is 0 Å². The van der Waals surface area contributed by atoms with Gasteiger partial charge in [-0.1, -0.05) is 13.8 Å². The van der Waals surface area contributed by atoms with Crippen LogP contribution in [0.25, 0.3) is 0 Å². The van der Waals surface area contributed by atoms with Crippen LogP contribution in [0.1, 0.15) is 49.9 Å². The molecule has 0 aromatic heterocycles. The fourth-order valence-electron chi connectivity index (χ4n) is 3.68. The van der Waals surface area contributed by atoms with E-state index in [0.29, 0.717) is 12.1 Å². The van der Waals surface area contributed by atoms with Crippen molar-refractivity contribution in [2.45, 2.75) is 51.7 Å². The second kappa shape index (κ2) is 7.45. The number of rotatable bonds is 3. The molecule has 134 valence electrons. The summed E-state index contributed by atoms with van der Waals surface area (Å²) < 4.78 is 11.3. The third kappa shape index (κ3) is 3.96. The minimum atomic E-state index is -0.382. The van der Waals surface area contributed by atoms with Gasteiger partial charge in [0.25, 0.3) is 5.91 Å². The maximum absolute atomic E-state index is 12.9. The number of ether oxygens (including phenoxy) is 2. The number of piperidine rings is 1. The fraction of sp³-hybridized carbons (Fsp3) is 0.600. The molecule has 0 spiro atoms. The Kier molecular flexibility index (Phi) is 5.29. The zero-order valence-electron chi connectivity index (χ0n) is 15.0. The smallest absolute Gasteiger partial charge is 0.254 e. The van der Waals surface area contributed by atoms with Crippen molar-refractivity contribution in [3.05, 3.63) is 29.8 Å². The van der Waals surface area contributed by atoms with Crippen LogP contribution in [-0.4, -0.2) is 42.7 Å². The van der Waals surface area contributed by atoms with Crippen molar-refractivity contribution in [2.24, 2.45) is 5.41 Å². The summed E-state index contributed by atoms with van der Waals surface area (Å²) in [5.74, 6) is 0.705. The fourth-order valence-corrected chi connectivity index (χ4v) is 3.68. The lowest BCUT2D eigenvalue weighted by Gasteiger charge is -2.42. The van der Waals surface area contributed by atoms with Gasteiger partial charge in [0.2, 0.25) is 0 Å². The number of likely N-dealkylation sites (tertiary alicyclic amines) is 1. The lowest BCUT2D eigenvalue weighted by molar-refractivity contribution is 0.0255. The molecule has 2 saturated heterocycles. The Hall–Kier alpha value is -2.06. The molecule has 1 amide bonds. The molecule has 1 aromatic rings. The van der Waals surface area contributed by atoms with Gasteiger partial charge in [0, 0.05) is 24.9 Å². The maximum Gasteiger partial charge on any atom is 0.254 e. The number of nitrogens with zero attached hydrogens (tertiary/aromatic N) is 2. The lowest BCUT2D eigenvalue weighted by Crippen LogP contribution is -2.51. The van der Waals surface area contributed by atoms with Crippen molar-refractivity contribution in [1.29, 1.82) is 5.26 Å². The van der Waals surface area contributed by atoms with Crippen molar-refractivity contribution >= 4 is 5.91 Å². The molecule has 2 fully saturated rings. The molecule has 2 aliphatic rings. The van der Waals surface area contributed by atoms with Gasteiger partial charge in [0.1, 0.15) is 17.9 Å².